The van der Waals surface area contributed by atoms with Crippen LogP contribution in [0.25, 0.3) is 0 Å². The summed E-state index contributed by atoms with van der Waals surface area (Å²) in [4.78, 5) is 30.3. The van der Waals surface area contributed by atoms with Crippen LogP contribution in [0.5, 0.6) is 0 Å². The van der Waals surface area contributed by atoms with Crippen molar-refractivity contribution in [3.05, 3.63) is 28.8 Å². The first-order chi connectivity index (χ1) is 15.4. The van der Waals surface area contributed by atoms with E-state index in [1.807, 2.05) is 18.2 Å². The number of amides is 2. The molecule has 0 spiro atoms. The lowest BCUT2D eigenvalue weighted by molar-refractivity contribution is -0.143. The molecule has 1 aromatic rings. The fourth-order valence-electron chi connectivity index (χ4n) is 6.02. The number of carbonyl (C=O) groups excluding carboxylic acids is 2. The van der Waals surface area contributed by atoms with Gasteiger partial charge in [-0.3, -0.25) is 14.5 Å². The average molecular weight is 460 g/mol. The van der Waals surface area contributed by atoms with E-state index in [9.17, 15) is 9.59 Å². The Labute approximate surface area is 197 Å². The fraction of sp³-hybridized carbons (Fsp3) is 0.692. The third-order valence-corrected chi connectivity index (χ3v) is 8.11. The fourth-order valence-corrected chi connectivity index (χ4v) is 6.25. The van der Waals surface area contributed by atoms with Crippen LogP contribution in [0, 0.1) is 11.8 Å². The summed E-state index contributed by atoms with van der Waals surface area (Å²) >= 11 is 6.74. The van der Waals surface area contributed by atoms with E-state index in [2.05, 4.69) is 29.0 Å². The van der Waals surface area contributed by atoms with Crippen molar-refractivity contribution >= 4 is 29.1 Å². The van der Waals surface area contributed by atoms with Gasteiger partial charge in [0.2, 0.25) is 11.8 Å². The number of hydrogen-bond donors (Lipinski definition) is 1. The van der Waals surface area contributed by atoms with Gasteiger partial charge < -0.3 is 10.2 Å². The number of nitrogens with zero attached hydrogens (tertiary/aromatic N) is 2. The topological polar surface area (TPSA) is 52.7 Å². The summed E-state index contributed by atoms with van der Waals surface area (Å²) in [5.41, 5.74) is 1.75. The van der Waals surface area contributed by atoms with Gasteiger partial charge in [0.05, 0.1) is 10.7 Å². The molecule has 0 aromatic heterocycles. The van der Waals surface area contributed by atoms with Gasteiger partial charge in [0.25, 0.3) is 0 Å². The molecule has 1 saturated heterocycles. The van der Waals surface area contributed by atoms with Crippen LogP contribution in [0.3, 0.4) is 0 Å². The Morgan fingerprint density at radius 1 is 0.938 bits per heavy atom. The Morgan fingerprint density at radius 2 is 1.53 bits per heavy atom. The van der Waals surface area contributed by atoms with Gasteiger partial charge in [-0.1, -0.05) is 55.8 Å². The number of nitrogens with one attached hydrogen (secondary N) is 1. The maximum absolute atomic E-state index is 13.1. The van der Waals surface area contributed by atoms with Crippen LogP contribution in [-0.4, -0.2) is 46.8 Å². The highest BCUT2D eigenvalue weighted by atomic mass is 35.5. The van der Waals surface area contributed by atoms with Crippen LogP contribution in [0.4, 0.5) is 5.69 Å². The SMILES string of the molecule is C[C@@H]1CN(Cc2cccc(NC(=O)C3CCCCC3)c2Cl)C[C@H](C)N1C(=O)C1CCCC1. The first-order valence-electron chi connectivity index (χ1n) is 12.6. The van der Waals surface area contributed by atoms with Crippen molar-refractivity contribution < 1.29 is 9.59 Å². The molecular weight excluding hydrogens is 422 g/mol. The van der Waals surface area contributed by atoms with Crippen molar-refractivity contribution in [1.82, 2.24) is 9.80 Å². The lowest BCUT2D eigenvalue weighted by Gasteiger charge is -2.45. The highest BCUT2D eigenvalue weighted by Crippen LogP contribution is 2.32. The van der Waals surface area contributed by atoms with E-state index in [1.54, 1.807) is 0 Å². The van der Waals surface area contributed by atoms with Crippen LogP contribution >= 0.6 is 11.6 Å². The van der Waals surface area contributed by atoms with Crippen molar-refractivity contribution in [2.45, 2.75) is 90.3 Å². The number of rotatable bonds is 5. The Bertz CT molecular complexity index is 805. The summed E-state index contributed by atoms with van der Waals surface area (Å²) in [6.07, 6.45) is 9.92. The summed E-state index contributed by atoms with van der Waals surface area (Å²) in [7, 11) is 0. The molecule has 6 heteroatoms. The molecular formula is C26H38ClN3O2. The van der Waals surface area contributed by atoms with E-state index in [0.717, 1.165) is 69.4 Å². The highest BCUT2D eigenvalue weighted by molar-refractivity contribution is 6.34. The van der Waals surface area contributed by atoms with Crippen LogP contribution in [-0.2, 0) is 16.1 Å². The van der Waals surface area contributed by atoms with Crippen molar-refractivity contribution in [2.75, 3.05) is 18.4 Å². The molecule has 3 fully saturated rings. The van der Waals surface area contributed by atoms with Crippen molar-refractivity contribution in [1.29, 1.82) is 0 Å². The zero-order valence-corrected chi connectivity index (χ0v) is 20.4. The minimum atomic E-state index is 0.102. The zero-order chi connectivity index (χ0) is 22.7. The number of benzene rings is 1. The largest absolute Gasteiger partial charge is 0.334 e. The van der Waals surface area contributed by atoms with Gasteiger partial charge in [0.15, 0.2) is 0 Å². The maximum Gasteiger partial charge on any atom is 0.227 e. The number of hydrogen-bond acceptors (Lipinski definition) is 3. The molecule has 4 rings (SSSR count). The van der Waals surface area contributed by atoms with Crippen LogP contribution in [0.1, 0.15) is 77.2 Å². The Hall–Kier alpha value is -1.59. The van der Waals surface area contributed by atoms with Crippen molar-refractivity contribution in [3.8, 4) is 0 Å². The molecule has 3 aliphatic rings. The minimum absolute atomic E-state index is 0.102. The summed E-state index contributed by atoms with van der Waals surface area (Å²) in [5.74, 6) is 0.790. The first-order valence-corrected chi connectivity index (χ1v) is 12.9. The second kappa shape index (κ2) is 10.6. The summed E-state index contributed by atoms with van der Waals surface area (Å²) < 4.78 is 0. The number of anilines is 1. The molecule has 0 bridgehead atoms. The summed E-state index contributed by atoms with van der Waals surface area (Å²) in [6, 6.07) is 6.31. The van der Waals surface area contributed by atoms with Crippen LogP contribution in [0.2, 0.25) is 5.02 Å². The molecule has 176 valence electrons. The molecule has 2 atom stereocenters. The van der Waals surface area contributed by atoms with Gasteiger partial charge >= 0.3 is 0 Å². The molecule has 0 radical (unpaired) electrons. The molecule has 1 aliphatic heterocycles. The third-order valence-electron chi connectivity index (χ3n) is 7.66. The summed E-state index contributed by atoms with van der Waals surface area (Å²) in [5, 5.41) is 3.73. The predicted molar refractivity (Wildman–Crippen MR) is 130 cm³/mol. The smallest absolute Gasteiger partial charge is 0.227 e. The Morgan fingerprint density at radius 3 is 2.19 bits per heavy atom. The number of carbonyl (C=O) groups is 2. The van der Waals surface area contributed by atoms with Gasteiger partial charge in [0, 0.05) is 43.6 Å². The van der Waals surface area contributed by atoms with Crippen molar-refractivity contribution in [3.63, 3.8) is 0 Å². The van der Waals surface area contributed by atoms with E-state index in [4.69, 9.17) is 11.6 Å². The maximum atomic E-state index is 13.1. The normalized spacial score (nSPS) is 25.8. The molecule has 1 aromatic carbocycles. The third kappa shape index (κ3) is 5.31. The van der Waals surface area contributed by atoms with Gasteiger partial charge in [-0.15, -0.1) is 0 Å². The predicted octanol–water partition coefficient (Wildman–Crippen LogP) is 5.47. The summed E-state index contributed by atoms with van der Waals surface area (Å²) in [6.45, 7) is 6.75. The monoisotopic (exact) mass is 459 g/mol. The van der Waals surface area contributed by atoms with Gasteiger partial charge in [0.1, 0.15) is 0 Å². The molecule has 1 heterocycles. The molecule has 2 saturated carbocycles. The molecule has 1 N–H and O–H groups in total. The second-order valence-corrected chi connectivity index (χ2v) is 10.6. The molecule has 32 heavy (non-hydrogen) atoms. The highest BCUT2D eigenvalue weighted by Gasteiger charge is 2.37. The lowest BCUT2D eigenvalue weighted by Crippen LogP contribution is -2.59. The Kier molecular flexibility index (Phi) is 7.78. The van der Waals surface area contributed by atoms with Gasteiger partial charge in [-0.2, -0.15) is 0 Å². The van der Waals surface area contributed by atoms with Crippen LogP contribution in [0.15, 0.2) is 18.2 Å². The van der Waals surface area contributed by atoms with E-state index >= 15 is 0 Å². The van der Waals surface area contributed by atoms with Crippen molar-refractivity contribution in [2.24, 2.45) is 11.8 Å². The quantitative estimate of drug-likeness (QED) is 0.635. The van der Waals surface area contributed by atoms with Crippen LogP contribution < -0.4 is 5.32 Å². The minimum Gasteiger partial charge on any atom is -0.334 e. The average Bonchev–Trinajstić information content (AvgIpc) is 3.31. The standard InChI is InChI=1S/C26H38ClN3O2/c1-18-15-29(16-19(2)30(18)26(32)21-11-6-7-12-21)17-22-13-8-14-23(24(22)27)28-25(31)20-9-4-3-5-10-20/h8,13-14,18-21H,3-7,9-12,15-17H2,1-2H3,(H,28,31)/t18-,19+. The first kappa shape index (κ1) is 23.6. The van der Waals surface area contributed by atoms with E-state index < -0.39 is 0 Å². The van der Waals surface area contributed by atoms with E-state index in [-0.39, 0.29) is 29.8 Å². The van der Waals surface area contributed by atoms with E-state index in [1.165, 1.54) is 19.3 Å². The molecule has 0 unspecified atom stereocenters. The number of piperazine rings is 1. The lowest BCUT2D eigenvalue weighted by atomic mass is 9.88. The second-order valence-electron chi connectivity index (χ2n) is 10.2. The van der Waals surface area contributed by atoms with Gasteiger partial charge in [-0.05, 0) is 51.2 Å². The molecule has 5 nitrogen and oxygen atoms in total. The van der Waals surface area contributed by atoms with E-state index in [0.29, 0.717) is 10.9 Å². The zero-order valence-electron chi connectivity index (χ0n) is 19.6. The molecule has 2 aliphatic carbocycles. The molecule has 2 amide bonds. The Balaban J connectivity index is 1.38. The number of halogens is 1. The van der Waals surface area contributed by atoms with Gasteiger partial charge in [-0.25, -0.2) is 0 Å².